The third-order valence-corrected chi connectivity index (χ3v) is 7.56. The summed E-state index contributed by atoms with van der Waals surface area (Å²) in [6.45, 7) is 2.76. The van der Waals surface area contributed by atoms with Crippen molar-refractivity contribution in [2.24, 2.45) is 0 Å². The topological polar surface area (TPSA) is 128 Å². The zero-order valence-electron chi connectivity index (χ0n) is 24.7. The molecule has 0 bridgehead atoms. The summed E-state index contributed by atoms with van der Waals surface area (Å²) in [5, 5.41) is 6.52. The van der Waals surface area contributed by atoms with E-state index >= 15 is 0 Å². The van der Waals surface area contributed by atoms with Crippen LogP contribution in [0.15, 0.2) is 67.3 Å². The van der Waals surface area contributed by atoms with Gasteiger partial charge in [0, 0.05) is 42.0 Å². The van der Waals surface area contributed by atoms with Crippen molar-refractivity contribution in [2.75, 3.05) is 38.4 Å². The first-order chi connectivity index (χ1) is 21.3. The van der Waals surface area contributed by atoms with Gasteiger partial charge in [-0.05, 0) is 57.1 Å². The normalized spacial score (nSPS) is 15.5. The number of methoxy groups -OCH3 is 2. The van der Waals surface area contributed by atoms with Gasteiger partial charge in [0.1, 0.15) is 41.4 Å². The minimum absolute atomic E-state index is 0.116. The second kappa shape index (κ2) is 12.1. The van der Waals surface area contributed by atoms with Crippen LogP contribution in [0.3, 0.4) is 0 Å². The molecule has 1 atom stereocenters. The van der Waals surface area contributed by atoms with E-state index < -0.39 is 11.7 Å². The predicted octanol–water partition coefficient (Wildman–Crippen LogP) is 5.42. The molecule has 2 aromatic carbocycles. The second-order valence-electron chi connectivity index (χ2n) is 10.4. The van der Waals surface area contributed by atoms with Crippen molar-refractivity contribution in [3.63, 3.8) is 0 Å². The van der Waals surface area contributed by atoms with Crippen molar-refractivity contribution in [1.82, 2.24) is 29.2 Å². The maximum Gasteiger partial charge on any atom is 0.284 e. The van der Waals surface area contributed by atoms with Gasteiger partial charge in [0.05, 0.1) is 31.1 Å². The lowest BCUT2D eigenvalue weighted by molar-refractivity contribution is -0.114. The lowest BCUT2D eigenvalue weighted by Gasteiger charge is -2.17. The quantitative estimate of drug-likeness (QED) is 0.212. The Morgan fingerprint density at radius 2 is 1.84 bits per heavy atom. The molecule has 12 nitrogen and oxygen atoms in total. The molecule has 0 spiro atoms. The first-order valence-electron chi connectivity index (χ1n) is 14.0. The zero-order valence-corrected chi connectivity index (χ0v) is 24.7. The Morgan fingerprint density at radius 1 is 1.02 bits per heavy atom. The van der Waals surface area contributed by atoms with Crippen molar-refractivity contribution >= 4 is 39.6 Å². The maximum absolute atomic E-state index is 14.9. The van der Waals surface area contributed by atoms with Crippen LogP contribution in [-0.2, 0) is 4.79 Å². The molecule has 2 N–H and O–H groups in total. The van der Waals surface area contributed by atoms with Crippen LogP contribution < -0.4 is 24.8 Å². The van der Waals surface area contributed by atoms with Crippen molar-refractivity contribution in [3.8, 4) is 23.1 Å². The van der Waals surface area contributed by atoms with Gasteiger partial charge in [-0.25, -0.2) is 24.3 Å². The van der Waals surface area contributed by atoms with Gasteiger partial charge in [-0.3, -0.25) is 14.1 Å². The molecule has 13 heteroatoms. The molecule has 1 aliphatic heterocycles. The van der Waals surface area contributed by atoms with E-state index in [0.717, 1.165) is 24.9 Å². The fraction of sp³-hybridized carbons (Fsp3) is 0.258. The summed E-state index contributed by atoms with van der Waals surface area (Å²) in [7, 11) is 4.93. The van der Waals surface area contributed by atoms with Crippen LogP contribution >= 0.6 is 0 Å². The summed E-state index contributed by atoms with van der Waals surface area (Å²) >= 11 is 0. The highest BCUT2D eigenvalue weighted by atomic mass is 19.1. The summed E-state index contributed by atoms with van der Waals surface area (Å²) < 4.78 is 33.9. The summed E-state index contributed by atoms with van der Waals surface area (Å²) in [5.74, 6) is 0.497. The summed E-state index contributed by atoms with van der Waals surface area (Å²) in [5.41, 5.74) is 2.96. The summed E-state index contributed by atoms with van der Waals surface area (Å²) in [4.78, 5) is 32.2. The molecule has 44 heavy (non-hydrogen) atoms. The van der Waals surface area contributed by atoms with Crippen LogP contribution in [0.5, 0.6) is 23.1 Å². The van der Waals surface area contributed by atoms with Gasteiger partial charge in [-0.1, -0.05) is 0 Å². The van der Waals surface area contributed by atoms with Gasteiger partial charge in [-0.15, -0.1) is 0 Å². The van der Waals surface area contributed by atoms with Crippen LogP contribution in [-0.4, -0.2) is 69.0 Å². The first-order valence-corrected chi connectivity index (χ1v) is 14.0. The fourth-order valence-electron chi connectivity index (χ4n) is 5.17. The monoisotopic (exact) mass is 598 g/mol. The Bertz CT molecular complexity index is 1890. The molecule has 4 heterocycles. The molecule has 1 unspecified atom stereocenters. The number of carbonyl (C=O) groups is 1. The Kier molecular flexibility index (Phi) is 7.94. The Labute approximate surface area is 252 Å². The highest BCUT2D eigenvalue weighted by Gasteiger charge is 2.22. The van der Waals surface area contributed by atoms with Crippen molar-refractivity contribution in [2.45, 2.75) is 25.8 Å². The number of aromatic nitrogens is 5. The summed E-state index contributed by atoms with van der Waals surface area (Å²) in [6, 6.07) is 8.55. The standard InChI is InChI=1S/C31H31FN8O4/c1-18-10-23(27(43-4)14-25(18)44-29-15-28-33-7-9-40(28)17-36-29)37-30-20-12-24(26(42-3)13-22(20)34-16-35-30)38-31(41)21(32)11-19-6-5-8-39(19)2/h7,9-17,19H,5-6,8H2,1-4H3,(H,38,41)(H,34,35,37). The molecule has 0 saturated carbocycles. The molecule has 226 valence electrons. The molecule has 0 radical (unpaired) electrons. The number of carbonyl (C=O) groups excluding carboxylic acids is 1. The highest BCUT2D eigenvalue weighted by Crippen LogP contribution is 2.38. The number of hydrogen-bond acceptors (Lipinski definition) is 10. The van der Waals surface area contributed by atoms with Crippen LogP contribution in [0.25, 0.3) is 16.6 Å². The smallest absolute Gasteiger partial charge is 0.284 e. The molecule has 1 amide bonds. The van der Waals surface area contributed by atoms with E-state index in [1.165, 1.54) is 19.5 Å². The van der Waals surface area contributed by atoms with Crippen molar-refractivity contribution in [3.05, 3.63) is 72.8 Å². The average molecular weight is 599 g/mol. The molecule has 0 aliphatic carbocycles. The van der Waals surface area contributed by atoms with Gasteiger partial charge >= 0.3 is 0 Å². The average Bonchev–Trinajstić information content (AvgIpc) is 3.66. The Hall–Kier alpha value is -5.30. The summed E-state index contributed by atoms with van der Waals surface area (Å²) in [6.07, 6.45) is 9.65. The minimum Gasteiger partial charge on any atom is -0.494 e. The lowest BCUT2D eigenvalue weighted by atomic mass is 10.1. The third kappa shape index (κ3) is 5.81. The predicted molar refractivity (Wildman–Crippen MR) is 164 cm³/mol. The van der Waals surface area contributed by atoms with Crippen LogP contribution in [0, 0.1) is 6.92 Å². The van der Waals surface area contributed by atoms with E-state index in [-0.39, 0.29) is 11.7 Å². The van der Waals surface area contributed by atoms with Crippen molar-refractivity contribution < 1.29 is 23.4 Å². The number of imidazole rings is 1. The molecule has 6 rings (SSSR count). The number of hydrogen-bond donors (Lipinski definition) is 2. The molecule has 1 aliphatic rings. The van der Waals surface area contributed by atoms with Crippen molar-refractivity contribution in [1.29, 1.82) is 0 Å². The first kappa shape index (κ1) is 28.8. The minimum atomic E-state index is -0.858. The molecular weight excluding hydrogens is 567 g/mol. The third-order valence-electron chi connectivity index (χ3n) is 7.56. The van der Waals surface area contributed by atoms with E-state index in [4.69, 9.17) is 14.2 Å². The van der Waals surface area contributed by atoms with Gasteiger partial charge < -0.3 is 24.8 Å². The number of fused-ring (bicyclic) bond motifs is 2. The van der Waals surface area contributed by atoms with E-state index in [1.807, 2.05) is 24.9 Å². The SMILES string of the molecule is COc1cc2ncnc(Nc3cc(C)c(Oc4cc5nccn5cn4)cc3OC)c2cc1NC(=O)C(F)=CC1CCCN1C. The molecular formula is C31H31FN8O4. The van der Waals surface area contributed by atoms with E-state index in [9.17, 15) is 9.18 Å². The second-order valence-corrected chi connectivity index (χ2v) is 10.4. The highest BCUT2D eigenvalue weighted by molar-refractivity contribution is 6.05. The van der Waals surface area contributed by atoms with Gasteiger partial charge in [-0.2, -0.15) is 0 Å². The van der Waals surface area contributed by atoms with E-state index in [2.05, 4.69) is 30.6 Å². The number of halogens is 1. The van der Waals surface area contributed by atoms with Gasteiger partial charge in [0.15, 0.2) is 5.83 Å². The van der Waals surface area contributed by atoms with Crippen LogP contribution in [0.1, 0.15) is 18.4 Å². The van der Waals surface area contributed by atoms with E-state index in [1.54, 1.807) is 54.5 Å². The number of amides is 1. The van der Waals surface area contributed by atoms with Gasteiger partial charge in [0.2, 0.25) is 5.88 Å². The number of ether oxygens (including phenoxy) is 3. The molecule has 1 saturated heterocycles. The van der Waals surface area contributed by atoms with E-state index in [0.29, 0.717) is 51.2 Å². The number of rotatable bonds is 9. The van der Waals surface area contributed by atoms with Crippen LogP contribution in [0.2, 0.25) is 0 Å². The lowest BCUT2D eigenvalue weighted by Crippen LogP contribution is -2.24. The van der Waals surface area contributed by atoms with Gasteiger partial charge in [0.25, 0.3) is 5.91 Å². The largest absolute Gasteiger partial charge is 0.494 e. The van der Waals surface area contributed by atoms with Crippen LogP contribution in [0.4, 0.5) is 21.6 Å². The number of anilines is 3. The number of aryl methyl sites for hydroxylation is 1. The molecule has 1 fully saturated rings. The number of likely N-dealkylation sites (tertiary alicyclic amines) is 1. The maximum atomic E-state index is 14.9. The Morgan fingerprint density at radius 3 is 2.61 bits per heavy atom. The fourth-order valence-corrected chi connectivity index (χ4v) is 5.17. The number of benzene rings is 2. The zero-order chi connectivity index (χ0) is 30.8. The number of nitrogens with zero attached hydrogens (tertiary/aromatic N) is 6. The Balaban J connectivity index is 1.28. The molecule has 3 aromatic heterocycles. The number of likely N-dealkylation sites (N-methyl/N-ethyl adjacent to an activating group) is 1. The number of nitrogens with one attached hydrogen (secondary N) is 2. The molecule has 5 aromatic rings.